The maximum absolute atomic E-state index is 9.98. The van der Waals surface area contributed by atoms with E-state index in [2.05, 4.69) is 6.92 Å². The number of rotatable bonds is 10. The van der Waals surface area contributed by atoms with E-state index < -0.39 is 24.4 Å². The van der Waals surface area contributed by atoms with Crippen LogP contribution in [0.4, 0.5) is 0 Å². The third-order valence-corrected chi connectivity index (χ3v) is 6.28. The molecular formula is C20H39NO5. The predicted molar refractivity (Wildman–Crippen MR) is 101 cm³/mol. The zero-order valence-corrected chi connectivity index (χ0v) is 16.3. The van der Waals surface area contributed by atoms with E-state index in [-0.39, 0.29) is 6.61 Å². The largest absolute Gasteiger partial charge is 0.395 e. The van der Waals surface area contributed by atoms with Crippen molar-refractivity contribution in [3.63, 3.8) is 0 Å². The Kier molecular flexibility index (Phi) is 9.81. The summed E-state index contributed by atoms with van der Waals surface area (Å²) in [5, 5.41) is 39.0. The SMILES string of the molecule is CCC1CCC(OCCCCCCN2C[C@H](O)[C@@H](O)[C@H](O)[C@H]2CO)CC1. The summed E-state index contributed by atoms with van der Waals surface area (Å²) in [7, 11) is 0. The van der Waals surface area contributed by atoms with Crippen molar-refractivity contribution in [2.75, 3.05) is 26.3 Å². The van der Waals surface area contributed by atoms with Crippen LogP contribution in [0.15, 0.2) is 0 Å². The molecule has 0 unspecified atom stereocenters. The first kappa shape index (κ1) is 22.1. The Morgan fingerprint density at radius 2 is 1.62 bits per heavy atom. The molecule has 2 aliphatic rings. The summed E-state index contributed by atoms with van der Waals surface area (Å²) in [4.78, 5) is 1.89. The van der Waals surface area contributed by atoms with Gasteiger partial charge in [-0.25, -0.2) is 0 Å². The molecule has 4 atom stereocenters. The lowest BCUT2D eigenvalue weighted by Crippen LogP contribution is -2.62. The molecule has 0 aromatic rings. The Hall–Kier alpha value is -0.240. The van der Waals surface area contributed by atoms with Crippen molar-refractivity contribution >= 4 is 0 Å². The first-order valence-electron chi connectivity index (χ1n) is 10.6. The number of ether oxygens (including phenoxy) is 1. The lowest BCUT2D eigenvalue weighted by Gasteiger charge is -2.43. The second-order valence-corrected chi connectivity index (χ2v) is 8.13. The summed E-state index contributed by atoms with van der Waals surface area (Å²) < 4.78 is 6.01. The minimum Gasteiger partial charge on any atom is -0.395 e. The van der Waals surface area contributed by atoms with Gasteiger partial charge in [-0.15, -0.1) is 0 Å². The molecule has 0 amide bonds. The van der Waals surface area contributed by atoms with Gasteiger partial charge >= 0.3 is 0 Å². The molecule has 6 nitrogen and oxygen atoms in total. The van der Waals surface area contributed by atoms with Crippen molar-refractivity contribution in [2.45, 2.75) is 95.2 Å². The number of piperidine rings is 1. The van der Waals surface area contributed by atoms with Gasteiger partial charge in [-0.1, -0.05) is 26.2 Å². The minimum absolute atomic E-state index is 0.209. The quantitative estimate of drug-likeness (QED) is 0.431. The average molecular weight is 374 g/mol. The molecule has 4 N–H and O–H groups in total. The highest BCUT2D eigenvalue weighted by Crippen LogP contribution is 2.28. The van der Waals surface area contributed by atoms with Crippen LogP contribution in [0.1, 0.15) is 64.7 Å². The Morgan fingerprint density at radius 3 is 2.27 bits per heavy atom. The average Bonchev–Trinajstić information content (AvgIpc) is 2.66. The maximum atomic E-state index is 9.98. The molecule has 1 heterocycles. The van der Waals surface area contributed by atoms with E-state index in [9.17, 15) is 20.4 Å². The Bertz CT molecular complexity index is 375. The van der Waals surface area contributed by atoms with Crippen molar-refractivity contribution in [1.82, 2.24) is 4.90 Å². The highest BCUT2D eigenvalue weighted by molar-refractivity contribution is 4.94. The predicted octanol–water partition coefficient (Wildman–Crippen LogP) is 1.29. The minimum atomic E-state index is -1.17. The fourth-order valence-corrected chi connectivity index (χ4v) is 4.36. The molecule has 1 aliphatic carbocycles. The molecule has 0 bridgehead atoms. The number of hydrogen-bond acceptors (Lipinski definition) is 6. The number of aliphatic hydroxyl groups excluding tert-OH is 4. The van der Waals surface area contributed by atoms with E-state index in [1.54, 1.807) is 0 Å². The normalized spacial score (nSPS) is 36.3. The first-order chi connectivity index (χ1) is 12.6. The summed E-state index contributed by atoms with van der Waals surface area (Å²) in [6, 6.07) is -0.491. The van der Waals surface area contributed by atoms with Crippen LogP contribution < -0.4 is 0 Å². The van der Waals surface area contributed by atoms with Gasteiger partial charge in [-0.05, 0) is 51.0 Å². The summed E-state index contributed by atoms with van der Waals surface area (Å²) in [5.74, 6) is 0.908. The molecular weight excluding hydrogens is 334 g/mol. The Balaban J connectivity index is 1.52. The van der Waals surface area contributed by atoms with Gasteiger partial charge in [0.2, 0.25) is 0 Å². The van der Waals surface area contributed by atoms with Crippen molar-refractivity contribution in [2.24, 2.45) is 5.92 Å². The molecule has 1 aliphatic heterocycles. The number of nitrogens with zero attached hydrogens (tertiary/aromatic N) is 1. The van der Waals surface area contributed by atoms with Gasteiger partial charge in [0.25, 0.3) is 0 Å². The van der Waals surface area contributed by atoms with E-state index in [1.165, 1.54) is 32.1 Å². The molecule has 2 rings (SSSR count). The monoisotopic (exact) mass is 373 g/mol. The van der Waals surface area contributed by atoms with Crippen molar-refractivity contribution in [3.8, 4) is 0 Å². The number of hydrogen-bond donors (Lipinski definition) is 4. The van der Waals surface area contributed by atoms with Crippen molar-refractivity contribution in [1.29, 1.82) is 0 Å². The van der Waals surface area contributed by atoms with E-state index in [0.717, 1.165) is 38.2 Å². The van der Waals surface area contributed by atoms with E-state index >= 15 is 0 Å². The van der Waals surface area contributed by atoms with Crippen LogP contribution in [-0.2, 0) is 4.74 Å². The Morgan fingerprint density at radius 1 is 0.923 bits per heavy atom. The standard InChI is InChI=1S/C20H39NO5/c1-2-15-7-9-16(10-8-15)26-12-6-4-3-5-11-21-13-18(23)20(25)19(24)17(21)14-22/h15-20,22-25H,2-14H2,1H3/t15?,16?,17-,18+,19-,20-/m1/s1. The lowest BCUT2D eigenvalue weighted by molar-refractivity contribution is -0.145. The van der Waals surface area contributed by atoms with Gasteiger partial charge in [0.05, 0.1) is 24.9 Å². The molecule has 1 saturated carbocycles. The van der Waals surface area contributed by atoms with Gasteiger partial charge in [0.1, 0.15) is 12.2 Å². The molecule has 0 aromatic carbocycles. The van der Waals surface area contributed by atoms with Crippen LogP contribution in [0, 0.1) is 5.92 Å². The fourth-order valence-electron chi connectivity index (χ4n) is 4.36. The molecule has 26 heavy (non-hydrogen) atoms. The number of likely N-dealkylation sites (tertiary alicyclic amines) is 1. The smallest absolute Gasteiger partial charge is 0.109 e. The Labute approximate surface area is 158 Å². The topological polar surface area (TPSA) is 93.4 Å². The molecule has 0 spiro atoms. The second kappa shape index (κ2) is 11.6. The van der Waals surface area contributed by atoms with Crippen LogP contribution >= 0.6 is 0 Å². The second-order valence-electron chi connectivity index (χ2n) is 8.13. The van der Waals surface area contributed by atoms with Crippen LogP contribution in [0.2, 0.25) is 0 Å². The van der Waals surface area contributed by atoms with E-state index in [0.29, 0.717) is 19.2 Å². The van der Waals surface area contributed by atoms with Crippen LogP contribution in [0.5, 0.6) is 0 Å². The number of unbranched alkanes of at least 4 members (excludes halogenated alkanes) is 3. The highest BCUT2D eigenvalue weighted by Gasteiger charge is 2.40. The zero-order chi connectivity index (χ0) is 18.9. The third-order valence-electron chi connectivity index (χ3n) is 6.28. The van der Waals surface area contributed by atoms with Gasteiger partial charge < -0.3 is 25.2 Å². The lowest BCUT2D eigenvalue weighted by atomic mass is 9.86. The van der Waals surface area contributed by atoms with Crippen LogP contribution in [-0.4, -0.2) is 82.1 Å². The van der Waals surface area contributed by atoms with Gasteiger partial charge in [0, 0.05) is 13.2 Å². The molecule has 6 heteroatoms. The summed E-state index contributed by atoms with van der Waals surface area (Å²) >= 11 is 0. The summed E-state index contributed by atoms with van der Waals surface area (Å²) in [6.07, 6.45) is 7.79. The maximum Gasteiger partial charge on any atom is 0.109 e. The molecule has 0 aromatic heterocycles. The number of aliphatic hydroxyl groups is 4. The fraction of sp³-hybridized carbons (Fsp3) is 1.00. The molecule has 0 radical (unpaired) electrons. The van der Waals surface area contributed by atoms with Gasteiger partial charge in [-0.2, -0.15) is 0 Å². The third kappa shape index (κ3) is 6.43. The van der Waals surface area contributed by atoms with Gasteiger partial charge in [-0.3, -0.25) is 4.90 Å². The summed E-state index contributed by atoms with van der Waals surface area (Å²) in [5.41, 5.74) is 0. The van der Waals surface area contributed by atoms with E-state index in [4.69, 9.17) is 4.74 Å². The van der Waals surface area contributed by atoms with E-state index in [1.807, 2.05) is 4.90 Å². The zero-order valence-electron chi connectivity index (χ0n) is 16.3. The molecule has 2 fully saturated rings. The van der Waals surface area contributed by atoms with Crippen molar-refractivity contribution in [3.05, 3.63) is 0 Å². The van der Waals surface area contributed by atoms with Gasteiger partial charge in [0.15, 0.2) is 0 Å². The van der Waals surface area contributed by atoms with Crippen LogP contribution in [0.3, 0.4) is 0 Å². The highest BCUT2D eigenvalue weighted by atomic mass is 16.5. The van der Waals surface area contributed by atoms with Crippen LogP contribution in [0.25, 0.3) is 0 Å². The first-order valence-corrected chi connectivity index (χ1v) is 10.6. The summed E-state index contributed by atoms with van der Waals surface area (Å²) in [6.45, 7) is 3.93. The van der Waals surface area contributed by atoms with Crippen molar-refractivity contribution < 1.29 is 25.2 Å². The molecule has 154 valence electrons. The molecule has 1 saturated heterocycles. The number of β-amino-alcohol motifs (C(OH)–C–C–N with tert-alkyl or cyclic N) is 1.